The monoisotopic (exact) mass is 650 g/mol. The molecule has 1 fully saturated rings. The summed E-state index contributed by atoms with van der Waals surface area (Å²) in [5.41, 5.74) is 2.12. The van der Waals surface area contributed by atoms with Crippen LogP contribution in [0.2, 0.25) is 0 Å². The fraction of sp³-hybridized carbons (Fsp3) is 0.400. The highest BCUT2D eigenvalue weighted by molar-refractivity contribution is 7.51. The van der Waals surface area contributed by atoms with Gasteiger partial charge in [0.15, 0.2) is 0 Å². The summed E-state index contributed by atoms with van der Waals surface area (Å²) < 4.78 is 23.7. The largest absolute Gasteiger partial charge is 0.466 e. The molecule has 0 radical (unpaired) electrons. The van der Waals surface area contributed by atoms with Crippen molar-refractivity contribution in [2.75, 3.05) is 26.0 Å². The Morgan fingerprint density at radius 1 is 0.891 bits per heavy atom. The minimum absolute atomic E-state index is 0.000994. The number of esters is 2. The molecule has 46 heavy (non-hydrogen) atoms. The lowest BCUT2D eigenvalue weighted by molar-refractivity contribution is -0.143. The Morgan fingerprint density at radius 2 is 1.50 bits per heavy atom. The van der Waals surface area contributed by atoms with Crippen LogP contribution in [0.1, 0.15) is 61.4 Å². The van der Waals surface area contributed by atoms with Gasteiger partial charge in [-0.3, -0.25) is 19.1 Å². The van der Waals surface area contributed by atoms with Gasteiger partial charge in [0.25, 0.3) is 0 Å². The third kappa shape index (κ3) is 10.6. The molecule has 0 saturated heterocycles. The normalized spacial score (nSPS) is 15.1. The van der Waals surface area contributed by atoms with Crippen LogP contribution in [0.25, 0.3) is 11.1 Å². The standard InChI is InChI=1S/C35H43N2O8P/c1-2-44-32(38)20-23-36-33(39)31(24-27-16-18-29(19-17-27)28-12-6-3-7-13-28)37(26-46(41,42)43)25-35(21-10-5-11-22-35)45-34(40)30-14-8-4-9-15-30/h3-4,6-9,12-19,31H,2,5,10-11,20-26H2,1H3,(H,36,39)(H2,41,42,43). The molecule has 10 nitrogen and oxygen atoms in total. The minimum Gasteiger partial charge on any atom is -0.466 e. The summed E-state index contributed by atoms with van der Waals surface area (Å²) in [6.45, 7) is 1.86. The van der Waals surface area contributed by atoms with Crippen LogP contribution in [0.15, 0.2) is 84.9 Å². The summed E-state index contributed by atoms with van der Waals surface area (Å²) in [4.78, 5) is 60.9. The van der Waals surface area contributed by atoms with Gasteiger partial charge in [0.2, 0.25) is 5.91 Å². The van der Waals surface area contributed by atoms with Crippen molar-refractivity contribution in [1.82, 2.24) is 10.2 Å². The highest BCUT2D eigenvalue weighted by Gasteiger charge is 2.42. The van der Waals surface area contributed by atoms with Gasteiger partial charge >= 0.3 is 19.5 Å². The maximum absolute atomic E-state index is 13.8. The van der Waals surface area contributed by atoms with E-state index in [1.54, 1.807) is 37.3 Å². The van der Waals surface area contributed by atoms with Gasteiger partial charge in [0.1, 0.15) is 11.9 Å². The van der Waals surface area contributed by atoms with E-state index in [0.29, 0.717) is 18.4 Å². The molecule has 0 spiro atoms. The van der Waals surface area contributed by atoms with Crippen molar-refractivity contribution in [3.05, 3.63) is 96.1 Å². The van der Waals surface area contributed by atoms with Crippen LogP contribution in [-0.4, -0.2) is 70.2 Å². The summed E-state index contributed by atoms with van der Waals surface area (Å²) in [6, 6.07) is 25.1. The van der Waals surface area contributed by atoms with E-state index in [9.17, 15) is 28.7 Å². The summed E-state index contributed by atoms with van der Waals surface area (Å²) in [5, 5.41) is 2.77. The Hall–Kier alpha value is -3.82. The van der Waals surface area contributed by atoms with Gasteiger partial charge in [0, 0.05) is 13.1 Å². The Balaban J connectivity index is 1.64. The number of carbonyl (C=O) groups excluding carboxylic acids is 3. The summed E-state index contributed by atoms with van der Waals surface area (Å²) >= 11 is 0. The van der Waals surface area contributed by atoms with Crippen LogP contribution >= 0.6 is 7.60 Å². The lowest BCUT2D eigenvalue weighted by Crippen LogP contribution is -2.55. The van der Waals surface area contributed by atoms with Crippen molar-refractivity contribution in [3.63, 3.8) is 0 Å². The Labute approximate surface area is 270 Å². The van der Waals surface area contributed by atoms with Gasteiger partial charge in [-0.2, -0.15) is 0 Å². The number of ether oxygens (including phenoxy) is 2. The van der Waals surface area contributed by atoms with Crippen molar-refractivity contribution >= 4 is 25.4 Å². The third-order valence-corrected chi connectivity index (χ3v) is 8.84. The number of nitrogens with one attached hydrogen (secondary N) is 1. The molecule has 3 aromatic carbocycles. The van der Waals surface area contributed by atoms with Crippen molar-refractivity contribution in [1.29, 1.82) is 0 Å². The van der Waals surface area contributed by atoms with E-state index in [1.807, 2.05) is 54.6 Å². The molecule has 0 aromatic heterocycles. The van der Waals surface area contributed by atoms with Gasteiger partial charge < -0.3 is 24.6 Å². The van der Waals surface area contributed by atoms with Gasteiger partial charge in [-0.25, -0.2) is 4.79 Å². The predicted octanol–water partition coefficient (Wildman–Crippen LogP) is 5.33. The zero-order valence-corrected chi connectivity index (χ0v) is 27.1. The highest BCUT2D eigenvalue weighted by atomic mass is 31.2. The fourth-order valence-electron chi connectivity index (χ4n) is 5.90. The zero-order chi connectivity index (χ0) is 33.0. The second-order valence-corrected chi connectivity index (χ2v) is 13.3. The van der Waals surface area contributed by atoms with Crippen LogP contribution in [0.3, 0.4) is 0 Å². The molecule has 1 saturated carbocycles. The quantitative estimate of drug-likeness (QED) is 0.147. The number of nitrogens with zero attached hydrogens (tertiary/aromatic N) is 1. The second kappa shape index (κ2) is 16.7. The molecule has 1 aliphatic rings. The predicted molar refractivity (Wildman–Crippen MR) is 175 cm³/mol. The maximum Gasteiger partial charge on any atom is 0.339 e. The average Bonchev–Trinajstić information content (AvgIpc) is 3.04. The number of hydrogen-bond acceptors (Lipinski definition) is 7. The molecule has 3 aromatic rings. The summed E-state index contributed by atoms with van der Waals surface area (Å²) in [7, 11) is -4.68. The Morgan fingerprint density at radius 3 is 2.11 bits per heavy atom. The van der Waals surface area contributed by atoms with E-state index in [1.165, 1.54) is 4.90 Å². The molecule has 0 heterocycles. The van der Waals surface area contributed by atoms with Gasteiger partial charge in [-0.05, 0) is 67.9 Å². The maximum atomic E-state index is 13.8. The van der Waals surface area contributed by atoms with Gasteiger partial charge in [-0.1, -0.05) is 79.2 Å². The van der Waals surface area contributed by atoms with Crippen molar-refractivity contribution in [2.24, 2.45) is 0 Å². The van der Waals surface area contributed by atoms with E-state index in [4.69, 9.17) is 9.47 Å². The first-order chi connectivity index (χ1) is 22.1. The first kappa shape index (κ1) is 35.0. The topological polar surface area (TPSA) is 142 Å². The molecule has 1 atom stereocenters. The molecule has 0 bridgehead atoms. The molecular formula is C35H43N2O8P. The van der Waals surface area contributed by atoms with Crippen molar-refractivity contribution < 1.29 is 38.2 Å². The van der Waals surface area contributed by atoms with Gasteiger partial charge in [0.05, 0.1) is 24.6 Å². The molecular weight excluding hydrogens is 607 g/mol. The average molecular weight is 651 g/mol. The lowest BCUT2D eigenvalue weighted by atomic mass is 9.83. The molecule has 3 N–H and O–H groups in total. The Bertz CT molecular complexity index is 1470. The number of hydrogen-bond donors (Lipinski definition) is 3. The molecule has 1 unspecified atom stereocenters. The van der Waals surface area contributed by atoms with Gasteiger partial charge in [-0.15, -0.1) is 0 Å². The molecule has 1 aliphatic carbocycles. The molecule has 4 rings (SSSR count). The number of benzene rings is 3. The number of carbonyl (C=O) groups is 3. The number of amides is 1. The van der Waals surface area contributed by atoms with E-state index in [-0.39, 0.29) is 32.5 Å². The first-order valence-electron chi connectivity index (χ1n) is 15.7. The molecule has 0 aliphatic heterocycles. The third-order valence-electron chi connectivity index (χ3n) is 8.11. The van der Waals surface area contributed by atoms with Crippen LogP contribution in [0.4, 0.5) is 0 Å². The Kier molecular flexibility index (Phi) is 12.7. The lowest BCUT2D eigenvalue weighted by Gasteiger charge is -2.42. The summed E-state index contributed by atoms with van der Waals surface area (Å²) in [6.07, 6.45) is 2.83. The summed E-state index contributed by atoms with van der Waals surface area (Å²) in [5.74, 6) is -1.48. The SMILES string of the molecule is CCOC(=O)CCNC(=O)C(Cc1ccc(-c2ccccc2)cc1)N(CC1(OC(=O)c2ccccc2)CCCCC1)CP(=O)(O)O. The van der Waals surface area contributed by atoms with E-state index >= 15 is 0 Å². The van der Waals surface area contributed by atoms with Crippen LogP contribution in [0, 0.1) is 0 Å². The van der Waals surface area contributed by atoms with Crippen LogP contribution in [-0.2, 0) is 30.0 Å². The van der Waals surface area contributed by atoms with Crippen LogP contribution in [0.5, 0.6) is 0 Å². The van der Waals surface area contributed by atoms with E-state index in [0.717, 1.165) is 36.0 Å². The highest BCUT2D eigenvalue weighted by Crippen LogP contribution is 2.40. The zero-order valence-electron chi connectivity index (χ0n) is 26.2. The molecule has 11 heteroatoms. The van der Waals surface area contributed by atoms with Crippen molar-refractivity contribution in [3.8, 4) is 11.1 Å². The smallest absolute Gasteiger partial charge is 0.339 e. The molecule has 246 valence electrons. The van der Waals surface area contributed by atoms with Crippen LogP contribution < -0.4 is 5.32 Å². The first-order valence-corrected chi connectivity index (χ1v) is 17.5. The fourth-order valence-corrected chi connectivity index (χ4v) is 6.67. The van der Waals surface area contributed by atoms with E-state index < -0.39 is 43.4 Å². The molecule has 1 amide bonds. The van der Waals surface area contributed by atoms with Crippen molar-refractivity contribution in [2.45, 2.75) is 63.5 Å². The minimum atomic E-state index is -4.68. The number of rotatable bonds is 15. The van der Waals surface area contributed by atoms with E-state index in [2.05, 4.69) is 5.32 Å². The second-order valence-electron chi connectivity index (χ2n) is 11.7.